The highest BCUT2D eigenvalue weighted by Crippen LogP contribution is 2.23. The van der Waals surface area contributed by atoms with Crippen molar-refractivity contribution >= 4 is 17.7 Å². The second kappa shape index (κ2) is 5.53. The van der Waals surface area contributed by atoms with Gasteiger partial charge in [-0.1, -0.05) is 32.9 Å². The van der Waals surface area contributed by atoms with E-state index in [1.807, 2.05) is 12.1 Å². The summed E-state index contributed by atoms with van der Waals surface area (Å²) in [5.41, 5.74) is 1.86. The number of hydrogen-bond donors (Lipinski definition) is 3. The number of anilines is 1. The van der Waals surface area contributed by atoms with E-state index in [4.69, 9.17) is 5.11 Å². The number of carboxylic acid groups (broad SMARTS) is 1. The Hall–Kier alpha value is -2.04. The van der Waals surface area contributed by atoms with Crippen LogP contribution in [0.15, 0.2) is 24.3 Å². The number of benzene rings is 1. The molecule has 0 saturated carbocycles. The van der Waals surface area contributed by atoms with Crippen molar-refractivity contribution in [3.05, 3.63) is 29.8 Å². The molecule has 0 saturated heterocycles. The molecule has 0 fully saturated rings. The van der Waals surface area contributed by atoms with Gasteiger partial charge in [0.2, 0.25) is 0 Å². The Labute approximate surface area is 106 Å². The van der Waals surface area contributed by atoms with Gasteiger partial charge in [-0.2, -0.15) is 0 Å². The molecule has 3 N–H and O–H groups in total. The average Bonchev–Trinajstić information content (AvgIpc) is 2.26. The number of carboxylic acids is 1. The van der Waals surface area contributed by atoms with E-state index < -0.39 is 18.5 Å². The molecule has 1 aromatic carbocycles. The molecule has 1 rings (SSSR count). The predicted octanol–water partition coefficient (Wildman–Crippen LogP) is 2.19. The van der Waals surface area contributed by atoms with Gasteiger partial charge in [0.1, 0.15) is 6.54 Å². The Morgan fingerprint density at radius 2 is 1.72 bits per heavy atom. The minimum Gasteiger partial charge on any atom is -0.480 e. The standard InChI is InChI=1S/C13H18N2O3/c1-13(2,3)9-4-6-10(7-5-9)15-12(18)14-8-11(16)17/h4-7H,8H2,1-3H3,(H,16,17)(H2,14,15,18). The van der Waals surface area contributed by atoms with E-state index in [-0.39, 0.29) is 5.41 Å². The molecular formula is C13H18N2O3. The van der Waals surface area contributed by atoms with Crippen molar-refractivity contribution in [2.75, 3.05) is 11.9 Å². The van der Waals surface area contributed by atoms with Crippen LogP contribution in [0.25, 0.3) is 0 Å². The van der Waals surface area contributed by atoms with Crippen LogP contribution in [-0.4, -0.2) is 23.7 Å². The first-order valence-electron chi connectivity index (χ1n) is 5.66. The molecule has 18 heavy (non-hydrogen) atoms. The van der Waals surface area contributed by atoms with E-state index in [1.54, 1.807) is 12.1 Å². The first-order valence-corrected chi connectivity index (χ1v) is 5.66. The highest BCUT2D eigenvalue weighted by molar-refractivity contribution is 5.91. The lowest BCUT2D eigenvalue weighted by Gasteiger charge is -2.19. The third kappa shape index (κ3) is 4.45. The first kappa shape index (κ1) is 14.0. The number of hydrogen-bond acceptors (Lipinski definition) is 2. The van der Waals surface area contributed by atoms with Crippen molar-refractivity contribution in [1.82, 2.24) is 5.32 Å². The molecule has 0 aliphatic heterocycles. The maximum atomic E-state index is 11.3. The lowest BCUT2D eigenvalue weighted by molar-refractivity contribution is -0.135. The minimum atomic E-state index is -1.08. The van der Waals surface area contributed by atoms with Crippen molar-refractivity contribution in [1.29, 1.82) is 0 Å². The molecule has 0 heterocycles. The van der Waals surface area contributed by atoms with Gasteiger partial charge >= 0.3 is 12.0 Å². The van der Waals surface area contributed by atoms with Crippen LogP contribution in [0.2, 0.25) is 0 Å². The van der Waals surface area contributed by atoms with Gasteiger partial charge in [-0.25, -0.2) is 4.79 Å². The molecule has 5 nitrogen and oxygen atoms in total. The molecule has 0 unspecified atom stereocenters. The smallest absolute Gasteiger partial charge is 0.323 e. The number of urea groups is 1. The molecule has 2 amide bonds. The maximum Gasteiger partial charge on any atom is 0.323 e. The molecule has 0 atom stereocenters. The van der Waals surface area contributed by atoms with E-state index in [0.717, 1.165) is 0 Å². The van der Waals surface area contributed by atoms with Gasteiger partial charge in [0.05, 0.1) is 0 Å². The largest absolute Gasteiger partial charge is 0.480 e. The van der Waals surface area contributed by atoms with Crippen LogP contribution in [-0.2, 0) is 10.2 Å². The van der Waals surface area contributed by atoms with Crippen LogP contribution in [0.4, 0.5) is 10.5 Å². The summed E-state index contributed by atoms with van der Waals surface area (Å²) in [4.78, 5) is 21.6. The summed E-state index contributed by atoms with van der Waals surface area (Å²) < 4.78 is 0. The average molecular weight is 250 g/mol. The number of carbonyl (C=O) groups excluding carboxylic acids is 1. The van der Waals surface area contributed by atoms with Crippen LogP contribution in [0, 0.1) is 0 Å². The SMILES string of the molecule is CC(C)(C)c1ccc(NC(=O)NCC(=O)O)cc1. The summed E-state index contributed by atoms with van der Waals surface area (Å²) in [7, 11) is 0. The molecule has 0 radical (unpaired) electrons. The molecule has 1 aromatic rings. The third-order valence-electron chi connectivity index (χ3n) is 2.41. The summed E-state index contributed by atoms with van der Waals surface area (Å²) in [6, 6.07) is 6.93. The summed E-state index contributed by atoms with van der Waals surface area (Å²) in [5.74, 6) is -1.08. The molecule has 98 valence electrons. The minimum absolute atomic E-state index is 0.0596. The topological polar surface area (TPSA) is 78.4 Å². The molecular weight excluding hydrogens is 232 g/mol. The zero-order valence-electron chi connectivity index (χ0n) is 10.8. The van der Waals surface area contributed by atoms with Gasteiger partial charge in [0.15, 0.2) is 0 Å². The molecule has 0 aliphatic carbocycles. The van der Waals surface area contributed by atoms with Crippen molar-refractivity contribution in [3.63, 3.8) is 0 Å². The number of amides is 2. The van der Waals surface area contributed by atoms with Gasteiger partial charge in [0, 0.05) is 5.69 Å². The maximum absolute atomic E-state index is 11.3. The fourth-order valence-corrected chi connectivity index (χ4v) is 1.38. The van der Waals surface area contributed by atoms with Crippen molar-refractivity contribution < 1.29 is 14.7 Å². The van der Waals surface area contributed by atoms with Crippen LogP contribution in [0.1, 0.15) is 26.3 Å². The van der Waals surface area contributed by atoms with Crippen molar-refractivity contribution in [3.8, 4) is 0 Å². The van der Waals surface area contributed by atoms with Crippen LogP contribution in [0.3, 0.4) is 0 Å². The summed E-state index contributed by atoms with van der Waals surface area (Å²) >= 11 is 0. The van der Waals surface area contributed by atoms with E-state index >= 15 is 0 Å². The van der Waals surface area contributed by atoms with Gasteiger partial charge in [-0.15, -0.1) is 0 Å². The second-order valence-corrected chi connectivity index (χ2v) is 5.03. The van der Waals surface area contributed by atoms with Crippen LogP contribution < -0.4 is 10.6 Å². The van der Waals surface area contributed by atoms with Crippen molar-refractivity contribution in [2.24, 2.45) is 0 Å². The number of rotatable bonds is 3. The van der Waals surface area contributed by atoms with Gasteiger partial charge in [-0.3, -0.25) is 4.79 Å². The fraction of sp³-hybridized carbons (Fsp3) is 0.385. The van der Waals surface area contributed by atoms with Gasteiger partial charge in [0.25, 0.3) is 0 Å². The fourth-order valence-electron chi connectivity index (χ4n) is 1.38. The van der Waals surface area contributed by atoms with E-state index in [9.17, 15) is 9.59 Å². The van der Waals surface area contributed by atoms with Gasteiger partial charge < -0.3 is 15.7 Å². The summed E-state index contributed by atoms with van der Waals surface area (Å²) in [5, 5.41) is 13.2. The Morgan fingerprint density at radius 1 is 1.17 bits per heavy atom. The first-order chi connectivity index (χ1) is 8.29. The van der Waals surface area contributed by atoms with Crippen LogP contribution >= 0.6 is 0 Å². The van der Waals surface area contributed by atoms with Crippen LogP contribution in [0.5, 0.6) is 0 Å². The lowest BCUT2D eigenvalue weighted by atomic mass is 9.87. The number of aliphatic carboxylic acids is 1. The Kier molecular flexibility index (Phi) is 4.31. The normalized spacial score (nSPS) is 10.8. The quantitative estimate of drug-likeness (QED) is 0.769. The Balaban J connectivity index is 2.59. The highest BCUT2D eigenvalue weighted by atomic mass is 16.4. The Bertz CT molecular complexity index is 433. The highest BCUT2D eigenvalue weighted by Gasteiger charge is 2.13. The van der Waals surface area contributed by atoms with E-state index in [1.165, 1.54) is 5.56 Å². The summed E-state index contributed by atoms with van der Waals surface area (Å²) in [6.45, 7) is 5.92. The molecule has 0 aromatic heterocycles. The van der Waals surface area contributed by atoms with Gasteiger partial charge in [-0.05, 0) is 23.1 Å². The van der Waals surface area contributed by atoms with E-state index in [0.29, 0.717) is 5.69 Å². The Morgan fingerprint density at radius 3 is 2.17 bits per heavy atom. The molecule has 0 bridgehead atoms. The van der Waals surface area contributed by atoms with Crippen molar-refractivity contribution in [2.45, 2.75) is 26.2 Å². The predicted molar refractivity (Wildman–Crippen MR) is 69.8 cm³/mol. The second-order valence-electron chi connectivity index (χ2n) is 5.03. The summed E-state index contributed by atoms with van der Waals surface area (Å²) in [6.07, 6.45) is 0. The zero-order chi connectivity index (χ0) is 13.8. The number of nitrogens with one attached hydrogen (secondary N) is 2. The molecule has 0 aliphatic rings. The lowest BCUT2D eigenvalue weighted by Crippen LogP contribution is -2.33. The monoisotopic (exact) mass is 250 g/mol. The third-order valence-corrected chi connectivity index (χ3v) is 2.41. The molecule has 5 heteroatoms. The molecule has 0 spiro atoms. The van der Waals surface area contributed by atoms with E-state index in [2.05, 4.69) is 31.4 Å². The zero-order valence-corrected chi connectivity index (χ0v) is 10.8. The number of carbonyl (C=O) groups is 2.